The maximum Gasteiger partial charge on any atom is 0.253 e. The van der Waals surface area contributed by atoms with Gasteiger partial charge < -0.3 is 9.80 Å². The number of piperazine rings is 1. The van der Waals surface area contributed by atoms with Crippen molar-refractivity contribution in [3.8, 4) is 11.1 Å². The molecule has 0 N–H and O–H groups in total. The quantitative estimate of drug-likeness (QED) is 0.853. The molecule has 2 heterocycles. The summed E-state index contributed by atoms with van der Waals surface area (Å²) in [7, 11) is 2.18. The van der Waals surface area contributed by atoms with Crippen molar-refractivity contribution in [3.05, 3.63) is 60.2 Å². The number of nitrogens with zero attached hydrogens (tertiary/aromatic N) is 3. The van der Waals surface area contributed by atoms with E-state index in [0.717, 1.165) is 56.8 Å². The molecule has 4 nitrogen and oxygen atoms in total. The van der Waals surface area contributed by atoms with Gasteiger partial charge in [0.05, 0.1) is 0 Å². The minimum atomic E-state index is 0.168. The Morgan fingerprint density at radius 3 is 2.19 bits per heavy atom. The van der Waals surface area contributed by atoms with Crippen molar-refractivity contribution in [1.82, 2.24) is 14.7 Å². The Kier molecular flexibility index (Phi) is 5.05. The second-order valence-corrected chi connectivity index (χ2v) is 7.48. The van der Waals surface area contributed by atoms with Crippen molar-refractivity contribution in [1.29, 1.82) is 0 Å². The van der Waals surface area contributed by atoms with Crippen molar-refractivity contribution < 1.29 is 4.79 Å². The zero-order valence-electron chi connectivity index (χ0n) is 15.5. The normalized spacial score (nSPS) is 21.9. The van der Waals surface area contributed by atoms with Gasteiger partial charge in [-0.2, -0.15) is 0 Å². The number of benzene rings is 2. The number of hydrogen-bond donors (Lipinski definition) is 0. The molecule has 4 heteroatoms. The van der Waals surface area contributed by atoms with Crippen LogP contribution in [0.5, 0.6) is 0 Å². The Balaban J connectivity index is 1.39. The van der Waals surface area contributed by atoms with Crippen LogP contribution in [0.1, 0.15) is 16.8 Å². The highest BCUT2D eigenvalue weighted by atomic mass is 16.2. The smallest absolute Gasteiger partial charge is 0.253 e. The highest BCUT2D eigenvalue weighted by Gasteiger charge is 2.31. The highest BCUT2D eigenvalue weighted by Crippen LogP contribution is 2.22. The number of likely N-dealkylation sites (tertiary alicyclic amines) is 1. The first-order valence-corrected chi connectivity index (χ1v) is 9.58. The summed E-state index contributed by atoms with van der Waals surface area (Å²) in [5, 5.41) is 0. The molecule has 1 unspecified atom stereocenters. The molecule has 26 heavy (non-hydrogen) atoms. The molecule has 2 saturated heterocycles. The predicted molar refractivity (Wildman–Crippen MR) is 105 cm³/mol. The van der Waals surface area contributed by atoms with Gasteiger partial charge in [0.15, 0.2) is 0 Å². The monoisotopic (exact) mass is 349 g/mol. The minimum Gasteiger partial charge on any atom is -0.337 e. The van der Waals surface area contributed by atoms with Crippen LogP contribution < -0.4 is 0 Å². The van der Waals surface area contributed by atoms with Crippen LogP contribution in [0, 0.1) is 0 Å². The Morgan fingerprint density at radius 1 is 0.846 bits per heavy atom. The predicted octanol–water partition coefficient (Wildman–Crippen LogP) is 2.82. The Labute approximate surface area is 156 Å². The molecule has 2 fully saturated rings. The number of rotatable bonds is 3. The SMILES string of the molecule is CN1CCN(C2CCN(C(=O)c3ccc(-c4ccccc4)cc3)C2)CC1. The van der Waals surface area contributed by atoms with E-state index in [2.05, 4.69) is 41.1 Å². The van der Waals surface area contributed by atoms with Crippen molar-refractivity contribution in [2.45, 2.75) is 12.5 Å². The maximum atomic E-state index is 12.9. The van der Waals surface area contributed by atoms with Gasteiger partial charge in [0.25, 0.3) is 5.91 Å². The molecule has 0 aromatic heterocycles. The van der Waals surface area contributed by atoms with Gasteiger partial charge in [-0.3, -0.25) is 9.69 Å². The van der Waals surface area contributed by atoms with E-state index >= 15 is 0 Å². The summed E-state index contributed by atoms with van der Waals surface area (Å²) in [5.41, 5.74) is 3.13. The lowest BCUT2D eigenvalue weighted by atomic mass is 10.0. The Morgan fingerprint density at radius 2 is 1.50 bits per heavy atom. The number of amides is 1. The lowest BCUT2D eigenvalue weighted by Crippen LogP contribution is -2.50. The average Bonchev–Trinajstić information content (AvgIpc) is 3.19. The van der Waals surface area contributed by atoms with Gasteiger partial charge in [-0.15, -0.1) is 0 Å². The van der Waals surface area contributed by atoms with E-state index in [4.69, 9.17) is 0 Å². The molecular weight excluding hydrogens is 322 g/mol. The van der Waals surface area contributed by atoms with Crippen LogP contribution in [0.25, 0.3) is 11.1 Å². The average molecular weight is 349 g/mol. The van der Waals surface area contributed by atoms with E-state index < -0.39 is 0 Å². The van der Waals surface area contributed by atoms with E-state index in [1.807, 2.05) is 35.2 Å². The molecule has 136 valence electrons. The zero-order chi connectivity index (χ0) is 17.9. The van der Waals surface area contributed by atoms with Crippen molar-refractivity contribution in [2.75, 3.05) is 46.3 Å². The third kappa shape index (κ3) is 3.67. The molecule has 2 aliphatic rings. The first-order chi connectivity index (χ1) is 12.7. The summed E-state index contributed by atoms with van der Waals surface area (Å²) in [5.74, 6) is 0.168. The van der Waals surface area contributed by atoms with Gasteiger partial charge >= 0.3 is 0 Å². The third-order valence-electron chi connectivity index (χ3n) is 5.74. The zero-order valence-corrected chi connectivity index (χ0v) is 15.5. The fourth-order valence-corrected chi connectivity index (χ4v) is 4.03. The molecule has 0 aliphatic carbocycles. The number of carbonyl (C=O) groups is 1. The fraction of sp³-hybridized carbons (Fsp3) is 0.409. The van der Waals surface area contributed by atoms with Gasteiger partial charge in [0, 0.05) is 50.9 Å². The fourth-order valence-electron chi connectivity index (χ4n) is 4.03. The molecule has 0 spiro atoms. The number of likely N-dealkylation sites (N-methyl/N-ethyl adjacent to an activating group) is 1. The van der Waals surface area contributed by atoms with E-state index in [1.54, 1.807) is 0 Å². The molecule has 1 amide bonds. The first kappa shape index (κ1) is 17.3. The van der Waals surface area contributed by atoms with Gasteiger partial charge in [-0.05, 0) is 36.7 Å². The standard InChI is InChI=1S/C22H27N3O/c1-23-13-15-24(16-14-23)21-11-12-25(17-21)22(26)20-9-7-19(8-10-20)18-5-3-2-4-6-18/h2-10,21H,11-17H2,1H3. The van der Waals surface area contributed by atoms with Gasteiger partial charge in [-0.1, -0.05) is 42.5 Å². The van der Waals surface area contributed by atoms with Gasteiger partial charge in [-0.25, -0.2) is 0 Å². The van der Waals surface area contributed by atoms with Crippen LogP contribution in [0.3, 0.4) is 0 Å². The second-order valence-electron chi connectivity index (χ2n) is 7.48. The molecule has 4 rings (SSSR count). The lowest BCUT2D eigenvalue weighted by Gasteiger charge is -2.36. The van der Waals surface area contributed by atoms with E-state index in [0.29, 0.717) is 6.04 Å². The van der Waals surface area contributed by atoms with E-state index in [-0.39, 0.29) is 5.91 Å². The molecule has 2 aliphatic heterocycles. The van der Waals surface area contributed by atoms with Gasteiger partial charge in [0.2, 0.25) is 0 Å². The second kappa shape index (κ2) is 7.60. The summed E-state index contributed by atoms with van der Waals surface area (Å²) in [6, 6.07) is 18.8. The van der Waals surface area contributed by atoms with Crippen LogP contribution in [0.2, 0.25) is 0 Å². The van der Waals surface area contributed by atoms with Crippen molar-refractivity contribution >= 4 is 5.91 Å². The number of hydrogen-bond acceptors (Lipinski definition) is 3. The van der Waals surface area contributed by atoms with Crippen LogP contribution in [0.4, 0.5) is 0 Å². The van der Waals surface area contributed by atoms with E-state index in [9.17, 15) is 4.79 Å². The number of carbonyl (C=O) groups excluding carboxylic acids is 1. The Bertz CT molecular complexity index is 736. The van der Waals surface area contributed by atoms with Crippen LogP contribution >= 0.6 is 0 Å². The molecule has 2 aromatic carbocycles. The largest absolute Gasteiger partial charge is 0.337 e. The van der Waals surface area contributed by atoms with Crippen molar-refractivity contribution in [2.24, 2.45) is 0 Å². The molecule has 0 radical (unpaired) electrons. The molecule has 0 saturated carbocycles. The molecule has 2 aromatic rings. The van der Waals surface area contributed by atoms with E-state index in [1.165, 1.54) is 5.56 Å². The summed E-state index contributed by atoms with van der Waals surface area (Å²) in [6.07, 6.45) is 1.09. The van der Waals surface area contributed by atoms with Crippen LogP contribution in [0.15, 0.2) is 54.6 Å². The maximum absolute atomic E-state index is 12.9. The van der Waals surface area contributed by atoms with Crippen LogP contribution in [-0.4, -0.2) is 73.0 Å². The molecular formula is C22H27N3O. The minimum absolute atomic E-state index is 0.168. The Hall–Kier alpha value is -2.17. The first-order valence-electron chi connectivity index (χ1n) is 9.58. The summed E-state index contributed by atoms with van der Waals surface area (Å²) in [4.78, 5) is 19.8. The van der Waals surface area contributed by atoms with Crippen molar-refractivity contribution in [3.63, 3.8) is 0 Å². The van der Waals surface area contributed by atoms with Crippen LogP contribution in [-0.2, 0) is 0 Å². The summed E-state index contributed by atoms with van der Waals surface area (Å²) < 4.78 is 0. The summed E-state index contributed by atoms with van der Waals surface area (Å²) in [6.45, 7) is 6.24. The molecule has 0 bridgehead atoms. The topological polar surface area (TPSA) is 26.8 Å². The van der Waals surface area contributed by atoms with Gasteiger partial charge in [0.1, 0.15) is 0 Å². The highest BCUT2D eigenvalue weighted by molar-refractivity contribution is 5.95. The third-order valence-corrected chi connectivity index (χ3v) is 5.74. The molecule has 1 atom stereocenters. The summed E-state index contributed by atoms with van der Waals surface area (Å²) >= 11 is 0. The lowest BCUT2D eigenvalue weighted by molar-refractivity contribution is 0.0755.